The predicted molar refractivity (Wildman–Crippen MR) is 86.4 cm³/mol. The van der Waals surface area contributed by atoms with Gasteiger partial charge in [0, 0.05) is 0 Å². The molecule has 0 saturated carbocycles. The van der Waals surface area contributed by atoms with E-state index in [0.717, 1.165) is 42.9 Å². The van der Waals surface area contributed by atoms with Crippen molar-refractivity contribution in [2.24, 2.45) is 0 Å². The summed E-state index contributed by atoms with van der Waals surface area (Å²) in [4.78, 5) is 27.2. The van der Waals surface area contributed by atoms with Crippen molar-refractivity contribution in [2.45, 2.75) is 64.7 Å². The molecule has 7 nitrogen and oxygen atoms in total. The first-order valence-corrected chi connectivity index (χ1v) is 8.43. The monoisotopic (exact) mass is 341 g/mol. The van der Waals surface area contributed by atoms with Gasteiger partial charge in [0.05, 0.1) is 18.9 Å². The van der Waals surface area contributed by atoms with Crippen molar-refractivity contribution in [3.63, 3.8) is 0 Å². The van der Waals surface area contributed by atoms with Crippen LogP contribution in [-0.2, 0) is 9.47 Å². The first-order valence-electron chi connectivity index (χ1n) is 8.43. The Kier molecular flexibility index (Phi) is 6.72. The van der Waals surface area contributed by atoms with Crippen LogP contribution in [0, 0.1) is 5.82 Å². The second-order valence-electron chi connectivity index (χ2n) is 5.79. The first kappa shape index (κ1) is 18.4. The number of hydrogen-bond donors (Lipinski definition) is 1. The second kappa shape index (κ2) is 8.77. The highest BCUT2D eigenvalue weighted by Crippen LogP contribution is 2.28. The predicted octanol–water partition coefficient (Wildman–Crippen LogP) is 3.21. The van der Waals surface area contributed by atoms with E-state index in [1.165, 1.54) is 0 Å². The molecule has 0 spiro atoms. The molecule has 134 valence electrons. The smallest absolute Gasteiger partial charge is 0.412 e. The molecule has 1 aromatic heterocycles. The van der Waals surface area contributed by atoms with Crippen LogP contribution in [0.4, 0.5) is 15.0 Å². The number of hydrogen-bond acceptors (Lipinski definition) is 5. The van der Waals surface area contributed by atoms with Crippen molar-refractivity contribution in [3.8, 4) is 0 Å². The highest BCUT2D eigenvalue weighted by Gasteiger charge is 2.27. The summed E-state index contributed by atoms with van der Waals surface area (Å²) in [6.07, 6.45) is 4.72. The zero-order chi connectivity index (χ0) is 17.5. The van der Waals surface area contributed by atoms with Gasteiger partial charge in [0.15, 0.2) is 11.6 Å². The number of anilines is 1. The zero-order valence-electron chi connectivity index (χ0n) is 14.1. The molecule has 1 N–H and O–H groups in total. The summed E-state index contributed by atoms with van der Waals surface area (Å²) in [5.74, 6) is -1.23. The number of aromatic nitrogens is 2. The van der Waals surface area contributed by atoms with E-state index in [1.807, 2.05) is 13.8 Å². The highest BCUT2D eigenvalue weighted by atomic mass is 19.1. The average Bonchev–Trinajstić information content (AvgIpc) is 3.03. The van der Waals surface area contributed by atoms with E-state index in [2.05, 4.69) is 10.3 Å². The van der Waals surface area contributed by atoms with Gasteiger partial charge >= 0.3 is 11.8 Å². The topological polar surface area (TPSA) is 82.5 Å². The maximum absolute atomic E-state index is 14.1. The fraction of sp³-hybridized carbons (Fsp3) is 0.688. The largest absolute Gasteiger partial charge is 0.449 e. The molecule has 24 heavy (non-hydrogen) atoms. The molecular formula is C16H24FN3O4. The number of amides is 1. The molecule has 1 aliphatic rings. The Morgan fingerprint density at radius 3 is 2.92 bits per heavy atom. The summed E-state index contributed by atoms with van der Waals surface area (Å²) < 4.78 is 25.8. The highest BCUT2D eigenvalue weighted by molar-refractivity contribution is 5.83. The lowest BCUT2D eigenvalue weighted by molar-refractivity contribution is -0.00242. The number of carbonyl (C=O) groups is 1. The first-order chi connectivity index (χ1) is 11.5. The van der Waals surface area contributed by atoms with Gasteiger partial charge in [-0.3, -0.25) is 9.88 Å². The Labute approximate surface area is 140 Å². The molecule has 0 radical (unpaired) electrons. The number of halogens is 1. The van der Waals surface area contributed by atoms with Gasteiger partial charge in [0.2, 0.25) is 0 Å². The molecule has 0 bridgehead atoms. The third-order valence-electron chi connectivity index (χ3n) is 3.96. The summed E-state index contributed by atoms with van der Waals surface area (Å²) in [6.45, 7) is 4.27. The average molecular weight is 341 g/mol. The van der Waals surface area contributed by atoms with Gasteiger partial charge in [-0.25, -0.2) is 14.0 Å². The van der Waals surface area contributed by atoms with Gasteiger partial charge in [-0.1, -0.05) is 26.7 Å². The van der Waals surface area contributed by atoms with Gasteiger partial charge in [-0.05, 0) is 25.7 Å². The van der Waals surface area contributed by atoms with Crippen LogP contribution in [0.25, 0.3) is 0 Å². The number of nitrogens with zero attached hydrogens (tertiary/aromatic N) is 2. The van der Waals surface area contributed by atoms with E-state index < -0.39 is 29.6 Å². The SMILES string of the molecule is CCCCCOC(=O)Nc1nc(=O)n(C2CC[C@@H](CC)O2)cc1F. The Morgan fingerprint density at radius 1 is 1.46 bits per heavy atom. The Bertz CT molecular complexity index is 620. The summed E-state index contributed by atoms with van der Waals surface area (Å²) in [6, 6.07) is 0. The minimum absolute atomic E-state index is 0.0702. The fourth-order valence-electron chi connectivity index (χ4n) is 2.58. The molecule has 2 atom stereocenters. The standard InChI is InChI=1S/C16H24FN3O4/c1-3-5-6-9-23-16(22)19-14-12(17)10-20(15(21)18-14)13-8-7-11(4-2)24-13/h10-11,13H,3-9H2,1-2H3,(H,18,19,21,22)/t11-,13?/m1/s1. The van der Waals surface area contributed by atoms with Crippen LogP contribution >= 0.6 is 0 Å². The normalized spacial score (nSPS) is 20.1. The van der Waals surface area contributed by atoms with Gasteiger partial charge in [-0.15, -0.1) is 0 Å². The van der Waals surface area contributed by atoms with Gasteiger partial charge < -0.3 is 9.47 Å². The molecule has 0 aromatic carbocycles. The minimum atomic E-state index is -0.821. The quantitative estimate of drug-likeness (QED) is 0.770. The van der Waals surface area contributed by atoms with E-state index in [1.54, 1.807) is 0 Å². The molecule has 2 heterocycles. The molecule has 1 fully saturated rings. The number of nitrogens with one attached hydrogen (secondary N) is 1. The maximum atomic E-state index is 14.1. The molecular weight excluding hydrogens is 317 g/mol. The van der Waals surface area contributed by atoms with E-state index in [9.17, 15) is 14.0 Å². The van der Waals surface area contributed by atoms with E-state index >= 15 is 0 Å². The summed E-state index contributed by atoms with van der Waals surface area (Å²) in [5.41, 5.74) is -0.667. The van der Waals surface area contributed by atoms with E-state index in [0.29, 0.717) is 6.42 Å². The van der Waals surface area contributed by atoms with Crippen molar-refractivity contribution >= 4 is 11.9 Å². The molecule has 1 aromatic rings. The minimum Gasteiger partial charge on any atom is -0.449 e. The van der Waals surface area contributed by atoms with Gasteiger partial charge in [-0.2, -0.15) is 4.98 Å². The zero-order valence-corrected chi connectivity index (χ0v) is 14.1. The van der Waals surface area contributed by atoms with Crippen molar-refractivity contribution in [1.82, 2.24) is 9.55 Å². The van der Waals surface area contributed by atoms with Crippen LogP contribution < -0.4 is 11.0 Å². The van der Waals surface area contributed by atoms with Crippen LogP contribution in [0.5, 0.6) is 0 Å². The second-order valence-corrected chi connectivity index (χ2v) is 5.79. The third kappa shape index (κ3) is 4.77. The number of carbonyl (C=O) groups excluding carboxylic acids is 1. The van der Waals surface area contributed by atoms with Gasteiger partial charge in [0.1, 0.15) is 6.23 Å². The molecule has 1 amide bonds. The lowest BCUT2D eigenvalue weighted by Crippen LogP contribution is -2.29. The number of ether oxygens (including phenoxy) is 2. The van der Waals surface area contributed by atoms with Crippen molar-refractivity contribution < 1.29 is 18.7 Å². The molecule has 1 aliphatic heterocycles. The molecule has 1 unspecified atom stereocenters. The molecule has 2 rings (SSSR count). The van der Waals surface area contributed by atoms with Crippen LogP contribution in [0.2, 0.25) is 0 Å². The van der Waals surface area contributed by atoms with Gasteiger partial charge in [0.25, 0.3) is 0 Å². The van der Waals surface area contributed by atoms with Crippen molar-refractivity contribution in [2.75, 3.05) is 11.9 Å². The summed E-state index contributed by atoms with van der Waals surface area (Å²) in [7, 11) is 0. The number of unbranched alkanes of at least 4 members (excludes halogenated alkanes) is 2. The number of rotatable bonds is 7. The molecule has 8 heteroatoms. The van der Waals surface area contributed by atoms with Crippen LogP contribution in [0.3, 0.4) is 0 Å². The molecule has 0 aliphatic carbocycles. The van der Waals surface area contributed by atoms with Crippen LogP contribution in [0.15, 0.2) is 11.0 Å². The Morgan fingerprint density at radius 2 is 2.25 bits per heavy atom. The van der Waals surface area contributed by atoms with Crippen LogP contribution in [-0.4, -0.2) is 28.4 Å². The summed E-state index contributed by atoms with van der Waals surface area (Å²) in [5, 5.41) is 2.16. The van der Waals surface area contributed by atoms with Crippen molar-refractivity contribution in [1.29, 1.82) is 0 Å². The Hall–Kier alpha value is -1.96. The van der Waals surface area contributed by atoms with E-state index in [4.69, 9.17) is 9.47 Å². The maximum Gasteiger partial charge on any atom is 0.412 e. The Balaban J connectivity index is 1.99. The van der Waals surface area contributed by atoms with Crippen molar-refractivity contribution in [3.05, 3.63) is 22.5 Å². The lowest BCUT2D eigenvalue weighted by Gasteiger charge is -2.15. The lowest BCUT2D eigenvalue weighted by atomic mass is 10.2. The molecule has 1 saturated heterocycles. The third-order valence-corrected chi connectivity index (χ3v) is 3.96. The fourth-order valence-corrected chi connectivity index (χ4v) is 2.58. The summed E-state index contributed by atoms with van der Waals surface area (Å²) >= 11 is 0. The van der Waals surface area contributed by atoms with Crippen LogP contribution in [0.1, 0.15) is 58.6 Å². The van der Waals surface area contributed by atoms with E-state index in [-0.39, 0.29) is 12.7 Å².